The van der Waals surface area contributed by atoms with Crippen LogP contribution in [0.5, 0.6) is 0 Å². The minimum Gasteiger partial charge on any atom is -0.310 e. The minimum absolute atomic E-state index is 1.12. The van der Waals surface area contributed by atoms with Gasteiger partial charge in [0, 0.05) is 34.1 Å². The molecule has 0 radical (unpaired) electrons. The number of aryl methyl sites for hydroxylation is 1. The summed E-state index contributed by atoms with van der Waals surface area (Å²) in [4.78, 5) is 4.63. The summed E-state index contributed by atoms with van der Waals surface area (Å²) in [7, 11) is 0. The fraction of sp³-hybridized carbons (Fsp3) is 0.0204. The Hall–Kier alpha value is -6.64. The standard InChI is InChI=1S/C49H38N2/c1-37-11-10-18-48(35-37)51(47-32-25-42(26-33-47)40-12-4-2-5-13-40)46-30-23-39(24-31-46)20-19-38-21-28-45(29-22-38)50(44-16-6-3-7-17-44)49-34-27-41-14-8-9-15-43(41)36-49/h2-36H,1H3. The van der Waals surface area contributed by atoms with Gasteiger partial charge in [0.2, 0.25) is 0 Å². The first-order chi connectivity index (χ1) is 25.2. The van der Waals surface area contributed by atoms with Crippen molar-refractivity contribution in [3.05, 3.63) is 217 Å². The van der Waals surface area contributed by atoms with Crippen LogP contribution in [0.15, 0.2) is 200 Å². The first-order valence-electron chi connectivity index (χ1n) is 17.4. The second-order valence-corrected chi connectivity index (χ2v) is 12.8. The highest BCUT2D eigenvalue weighted by molar-refractivity contribution is 5.89. The lowest BCUT2D eigenvalue weighted by molar-refractivity contribution is 1.27. The first-order valence-corrected chi connectivity index (χ1v) is 17.4. The second-order valence-electron chi connectivity index (χ2n) is 12.8. The Bertz CT molecular complexity index is 2390. The van der Waals surface area contributed by atoms with E-state index in [1.54, 1.807) is 0 Å². The predicted octanol–water partition coefficient (Wildman–Crippen LogP) is 13.9. The third-order valence-corrected chi connectivity index (χ3v) is 9.27. The average molecular weight is 655 g/mol. The minimum atomic E-state index is 1.12. The number of fused-ring (bicyclic) bond motifs is 1. The highest BCUT2D eigenvalue weighted by Crippen LogP contribution is 2.38. The van der Waals surface area contributed by atoms with Crippen LogP contribution in [0.2, 0.25) is 0 Å². The van der Waals surface area contributed by atoms with Gasteiger partial charge in [-0.25, -0.2) is 0 Å². The van der Waals surface area contributed by atoms with Crippen LogP contribution >= 0.6 is 0 Å². The Morgan fingerprint density at radius 3 is 1.33 bits per heavy atom. The van der Waals surface area contributed by atoms with Crippen molar-refractivity contribution in [1.82, 2.24) is 0 Å². The van der Waals surface area contributed by atoms with Crippen LogP contribution in [0.1, 0.15) is 16.7 Å². The van der Waals surface area contributed by atoms with E-state index >= 15 is 0 Å². The molecule has 0 saturated heterocycles. The van der Waals surface area contributed by atoms with E-state index in [1.807, 2.05) is 0 Å². The van der Waals surface area contributed by atoms with Gasteiger partial charge in [-0.15, -0.1) is 0 Å². The SMILES string of the molecule is Cc1cccc(N(c2ccc(C=Cc3ccc(N(c4ccccc4)c4ccc5ccccc5c4)cc3)cc2)c2ccc(-c3ccccc3)cc2)c1. The summed E-state index contributed by atoms with van der Waals surface area (Å²) in [6, 6.07) is 71.4. The van der Waals surface area contributed by atoms with Crippen LogP contribution in [0.25, 0.3) is 34.1 Å². The van der Waals surface area contributed by atoms with E-state index in [0.29, 0.717) is 0 Å². The van der Waals surface area contributed by atoms with Crippen molar-refractivity contribution in [1.29, 1.82) is 0 Å². The van der Waals surface area contributed by atoms with Gasteiger partial charge < -0.3 is 9.80 Å². The number of anilines is 6. The Labute approximate surface area is 300 Å². The van der Waals surface area contributed by atoms with Crippen LogP contribution in [0, 0.1) is 6.92 Å². The van der Waals surface area contributed by atoms with Gasteiger partial charge in [0.1, 0.15) is 0 Å². The zero-order valence-electron chi connectivity index (χ0n) is 28.6. The molecular formula is C49H38N2. The van der Waals surface area contributed by atoms with Crippen LogP contribution in [-0.2, 0) is 0 Å². The lowest BCUT2D eigenvalue weighted by Gasteiger charge is -2.26. The van der Waals surface area contributed by atoms with Crippen molar-refractivity contribution in [3.63, 3.8) is 0 Å². The molecule has 244 valence electrons. The zero-order chi connectivity index (χ0) is 34.4. The molecule has 51 heavy (non-hydrogen) atoms. The summed E-state index contributed by atoms with van der Waals surface area (Å²) in [5.74, 6) is 0. The summed E-state index contributed by atoms with van der Waals surface area (Å²) in [5.41, 5.74) is 12.7. The van der Waals surface area contributed by atoms with Crippen LogP contribution < -0.4 is 9.80 Å². The number of benzene rings is 8. The summed E-state index contributed by atoms with van der Waals surface area (Å²) in [6.07, 6.45) is 4.37. The summed E-state index contributed by atoms with van der Waals surface area (Å²) >= 11 is 0. The van der Waals surface area contributed by atoms with E-state index in [0.717, 1.165) is 45.3 Å². The lowest BCUT2D eigenvalue weighted by atomic mass is 10.0. The van der Waals surface area contributed by atoms with E-state index in [1.165, 1.54) is 27.5 Å². The van der Waals surface area contributed by atoms with Gasteiger partial charge in [-0.05, 0) is 118 Å². The Morgan fingerprint density at radius 1 is 0.314 bits per heavy atom. The normalized spacial score (nSPS) is 11.2. The Kier molecular flexibility index (Phi) is 8.96. The number of nitrogens with zero attached hydrogens (tertiary/aromatic N) is 2. The molecule has 0 spiro atoms. The smallest absolute Gasteiger partial charge is 0.0468 e. The quantitative estimate of drug-likeness (QED) is 0.143. The van der Waals surface area contributed by atoms with Crippen molar-refractivity contribution in [2.75, 3.05) is 9.80 Å². The van der Waals surface area contributed by atoms with E-state index in [-0.39, 0.29) is 0 Å². The molecule has 0 aliphatic rings. The van der Waals surface area contributed by atoms with Crippen molar-refractivity contribution in [2.24, 2.45) is 0 Å². The Balaban J connectivity index is 1.04. The molecule has 8 rings (SSSR count). The van der Waals surface area contributed by atoms with Crippen LogP contribution in [0.4, 0.5) is 34.1 Å². The van der Waals surface area contributed by atoms with Gasteiger partial charge in [0.15, 0.2) is 0 Å². The van der Waals surface area contributed by atoms with Crippen molar-refractivity contribution >= 4 is 57.0 Å². The summed E-state index contributed by atoms with van der Waals surface area (Å²) in [5, 5.41) is 2.47. The molecule has 0 bridgehead atoms. The third kappa shape index (κ3) is 7.08. The van der Waals surface area contributed by atoms with Crippen molar-refractivity contribution in [3.8, 4) is 11.1 Å². The molecule has 0 atom stereocenters. The molecule has 0 heterocycles. The summed E-state index contributed by atoms with van der Waals surface area (Å²) in [6.45, 7) is 2.14. The molecule has 2 heteroatoms. The molecule has 8 aromatic carbocycles. The van der Waals surface area contributed by atoms with Gasteiger partial charge in [-0.3, -0.25) is 0 Å². The fourth-order valence-electron chi connectivity index (χ4n) is 6.65. The van der Waals surface area contributed by atoms with E-state index in [2.05, 4.69) is 229 Å². The summed E-state index contributed by atoms with van der Waals surface area (Å²) < 4.78 is 0. The molecule has 0 N–H and O–H groups in total. The highest BCUT2D eigenvalue weighted by Gasteiger charge is 2.14. The number of hydrogen-bond donors (Lipinski definition) is 0. The molecule has 0 fully saturated rings. The van der Waals surface area contributed by atoms with E-state index < -0.39 is 0 Å². The maximum Gasteiger partial charge on any atom is 0.0468 e. The van der Waals surface area contributed by atoms with Gasteiger partial charge in [-0.2, -0.15) is 0 Å². The maximum atomic E-state index is 2.32. The molecule has 8 aromatic rings. The molecule has 0 aliphatic heterocycles. The highest BCUT2D eigenvalue weighted by atomic mass is 15.1. The Morgan fingerprint density at radius 2 is 0.745 bits per heavy atom. The molecular weight excluding hydrogens is 617 g/mol. The zero-order valence-corrected chi connectivity index (χ0v) is 28.6. The number of hydrogen-bond acceptors (Lipinski definition) is 2. The topological polar surface area (TPSA) is 6.48 Å². The van der Waals surface area contributed by atoms with Crippen LogP contribution in [0.3, 0.4) is 0 Å². The molecule has 2 nitrogen and oxygen atoms in total. The van der Waals surface area contributed by atoms with E-state index in [4.69, 9.17) is 0 Å². The number of rotatable bonds is 9. The molecule has 0 amide bonds. The predicted molar refractivity (Wildman–Crippen MR) is 219 cm³/mol. The van der Waals surface area contributed by atoms with Gasteiger partial charge in [0.25, 0.3) is 0 Å². The van der Waals surface area contributed by atoms with Gasteiger partial charge in [-0.1, -0.05) is 140 Å². The molecule has 0 unspecified atom stereocenters. The van der Waals surface area contributed by atoms with Gasteiger partial charge in [0.05, 0.1) is 0 Å². The molecule has 0 aliphatic carbocycles. The van der Waals surface area contributed by atoms with Crippen molar-refractivity contribution in [2.45, 2.75) is 6.92 Å². The van der Waals surface area contributed by atoms with Crippen LogP contribution in [-0.4, -0.2) is 0 Å². The largest absolute Gasteiger partial charge is 0.310 e. The monoisotopic (exact) mass is 654 g/mol. The number of para-hydroxylation sites is 1. The fourth-order valence-corrected chi connectivity index (χ4v) is 6.65. The lowest BCUT2D eigenvalue weighted by Crippen LogP contribution is -2.10. The average Bonchev–Trinajstić information content (AvgIpc) is 3.19. The van der Waals surface area contributed by atoms with E-state index in [9.17, 15) is 0 Å². The van der Waals surface area contributed by atoms with Gasteiger partial charge >= 0.3 is 0 Å². The van der Waals surface area contributed by atoms with Crippen molar-refractivity contribution < 1.29 is 0 Å². The first kappa shape index (κ1) is 31.6. The molecule has 0 aromatic heterocycles. The third-order valence-electron chi connectivity index (χ3n) is 9.27. The molecule has 0 saturated carbocycles. The second kappa shape index (κ2) is 14.5. The maximum absolute atomic E-state index is 2.32.